The molecule has 0 atom stereocenters. The number of aromatic hydroxyl groups is 1. The van der Waals surface area contributed by atoms with E-state index < -0.39 is 0 Å². The van der Waals surface area contributed by atoms with Gasteiger partial charge in [-0.3, -0.25) is 0 Å². The van der Waals surface area contributed by atoms with Crippen molar-refractivity contribution in [1.82, 2.24) is 4.57 Å². The van der Waals surface area contributed by atoms with Crippen LogP contribution in [0.5, 0.6) is 11.5 Å². The highest BCUT2D eigenvalue weighted by molar-refractivity contribution is 5.84. The normalized spacial score (nSPS) is 11.1. The topological polar surface area (TPSA) is 34.4 Å². The van der Waals surface area contributed by atoms with Gasteiger partial charge in [-0.1, -0.05) is 72.8 Å². The highest BCUT2D eigenvalue weighted by Crippen LogP contribution is 2.34. The number of phenolic OH excluding ortho intramolecular Hbond substituents is 1. The Morgan fingerprint density at radius 2 is 1.50 bits per heavy atom. The van der Waals surface area contributed by atoms with E-state index in [1.54, 1.807) is 0 Å². The fourth-order valence-corrected chi connectivity index (χ4v) is 4.50. The minimum Gasteiger partial charge on any atom is -0.505 e. The molecule has 5 aromatic rings. The highest BCUT2D eigenvalue weighted by Gasteiger charge is 2.15. The molecule has 170 valence electrons. The zero-order chi connectivity index (χ0) is 23.3. The lowest BCUT2D eigenvalue weighted by Gasteiger charge is -2.15. The van der Waals surface area contributed by atoms with Crippen molar-refractivity contribution in [3.63, 3.8) is 0 Å². The Hall–Kier alpha value is -3.98. The number of phenols is 1. The molecule has 0 aliphatic heterocycles. The van der Waals surface area contributed by atoms with Crippen molar-refractivity contribution in [2.24, 2.45) is 0 Å². The summed E-state index contributed by atoms with van der Waals surface area (Å²) < 4.78 is 8.09. The second kappa shape index (κ2) is 9.88. The van der Waals surface area contributed by atoms with E-state index in [9.17, 15) is 5.11 Å². The zero-order valence-electron chi connectivity index (χ0n) is 19.4. The zero-order valence-corrected chi connectivity index (χ0v) is 19.4. The predicted octanol–water partition coefficient (Wildman–Crippen LogP) is 7.40. The van der Waals surface area contributed by atoms with E-state index >= 15 is 0 Å². The molecule has 0 unspecified atom stereocenters. The summed E-state index contributed by atoms with van der Waals surface area (Å²) in [7, 11) is 0. The van der Waals surface area contributed by atoms with Crippen LogP contribution < -0.4 is 4.74 Å². The number of aromatic nitrogens is 1. The SMILES string of the molecule is Cc1ccc(CCCc2ccccc2)c(O)c1-n1ccc2cc(OCc3ccccc3)ccc21. The van der Waals surface area contributed by atoms with Crippen LogP contribution in [0.25, 0.3) is 16.6 Å². The molecule has 1 heterocycles. The lowest BCUT2D eigenvalue weighted by molar-refractivity contribution is 0.306. The minimum absolute atomic E-state index is 0.370. The number of benzene rings is 4. The molecule has 0 saturated carbocycles. The van der Waals surface area contributed by atoms with Gasteiger partial charge in [-0.15, -0.1) is 0 Å². The van der Waals surface area contributed by atoms with Crippen molar-refractivity contribution in [2.45, 2.75) is 32.8 Å². The smallest absolute Gasteiger partial charge is 0.143 e. The van der Waals surface area contributed by atoms with E-state index in [0.29, 0.717) is 12.4 Å². The first-order chi connectivity index (χ1) is 16.7. The Bertz CT molecular complexity index is 1390. The first-order valence-corrected chi connectivity index (χ1v) is 11.8. The van der Waals surface area contributed by atoms with E-state index in [2.05, 4.69) is 71.3 Å². The van der Waals surface area contributed by atoms with Crippen molar-refractivity contribution in [1.29, 1.82) is 0 Å². The summed E-state index contributed by atoms with van der Waals surface area (Å²) in [6.45, 7) is 2.59. The first kappa shape index (κ1) is 21.8. The Kier molecular flexibility index (Phi) is 6.35. The van der Waals surface area contributed by atoms with Crippen LogP contribution in [0.3, 0.4) is 0 Å². The van der Waals surface area contributed by atoms with Crippen molar-refractivity contribution in [3.8, 4) is 17.2 Å². The number of rotatable bonds is 8. The third-order valence-corrected chi connectivity index (χ3v) is 6.34. The lowest BCUT2D eigenvalue weighted by atomic mass is 10.0. The van der Waals surface area contributed by atoms with E-state index in [-0.39, 0.29) is 0 Å². The Morgan fingerprint density at radius 3 is 2.26 bits per heavy atom. The molecule has 0 bridgehead atoms. The summed E-state index contributed by atoms with van der Waals surface area (Å²) in [6.07, 6.45) is 4.86. The van der Waals surface area contributed by atoms with Gasteiger partial charge in [-0.05, 0) is 72.7 Å². The largest absolute Gasteiger partial charge is 0.505 e. The Balaban J connectivity index is 1.36. The van der Waals surface area contributed by atoms with Gasteiger partial charge in [0, 0.05) is 11.6 Å². The van der Waals surface area contributed by atoms with Crippen molar-refractivity contribution < 1.29 is 9.84 Å². The number of hydrogen-bond acceptors (Lipinski definition) is 2. The Labute approximate surface area is 200 Å². The van der Waals surface area contributed by atoms with Gasteiger partial charge in [0.15, 0.2) is 0 Å². The van der Waals surface area contributed by atoms with Crippen LogP contribution >= 0.6 is 0 Å². The van der Waals surface area contributed by atoms with Gasteiger partial charge in [0.05, 0.1) is 11.2 Å². The van der Waals surface area contributed by atoms with Crippen molar-refractivity contribution in [2.75, 3.05) is 0 Å². The molecule has 1 aromatic heterocycles. The summed E-state index contributed by atoms with van der Waals surface area (Å²) in [5, 5.41) is 12.3. The van der Waals surface area contributed by atoms with Gasteiger partial charge in [0.2, 0.25) is 0 Å². The molecular weight excluding hydrogens is 418 g/mol. The standard InChI is InChI=1S/C31H29NO2/c1-23-15-16-26(14-8-13-24-9-4-2-5-10-24)31(33)30(23)32-20-19-27-21-28(17-18-29(27)32)34-22-25-11-6-3-7-12-25/h2-7,9-12,15-21,33H,8,13-14,22H2,1H3. The van der Waals surface area contributed by atoms with Crippen LogP contribution in [0.4, 0.5) is 0 Å². The van der Waals surface area contributed by atoms with Crippen molar-refractivity contribution in [3.05, 3.63) is 126 Å². The average Bonchev–Trinajstić information content (AvgIpc) is 3.28. The van der Waals surface area contributed by atoms with Gasteiger partial charge in [0.1, 0.15) is 18.1 Å². The molecule has 0 aliphatic rings. The number of aryl methyl sites for hydroxylation is 3. The van der Waals surface area contributed by atoms with Crippen LogP contribution in [-0.4, -0.2) is 9.67 Å². The maximum absolute atomic E-state index is 11.2. The van der Waals surface area contributed by atoms with E-state index in [1.807, 2.05) is 43.5 Å². The molecule has 1 N–H and O–H groups in total. The molecule has 0 spiro atoms. The number of nitrogens with zero attached hydrogens (tertiary/aromatic N) is 1. The number of fused-ring (bicyclic) bond motifs is 1. The minimum atomic E-state index is 0.370. The van der Waals surface area contributed by atoms with Crippen LogP contribution in [0, 0.1) is 6.92 Å². The summed E-state index contributed by atoms with van der Waals surface area (Å²) in [5.41, 5.74) is 6.41. The molecule has 0 amide bonds. The maximum Gasteiger partial charge on any atom is 0.143 e. The first-order valence-electron chi connectivity index (χ1n) is 11.8. The molecule has 0 radical (unpaired) electrons. The molecule has 4 aromatic carbocycles. The van der Waals surface area contributed by atoms with Crippen LogP contribution in [0.2, 0.25) is 0 Å². The molecular formula is C31H29NO2. The fraction of sp³-hybridized carbons (Fsp3) is 0.161. The highest BCUT2D eigenvalue weighted by atomic mass is 16.5. The molecule has 3 nitrogen and oxygen atoms in total. The van der Waals surface area contributed by atoms with Crippen LogP contribution in [0.1, 0.15) is 28.7 Å². The average molecular weight is 448 g/mol. The monoisotopic (exact) mass is 447 g/mol. The predicted molar refractivity (Wildman–Crippen MR) is 139 cm³/mol. The third-order valence-electron chi connectivity index (χ3n) is 6.34. The molecule has 5 rings (SSSR count). The van der Waals surface area contributed by atoms with E-state index in [1.165, 1.54) is 5.56 Å². The summed E-state index contributed by atoms with van der Waals surface area (Å²) in [4.78, 5) is 0. The van der Waals surface area contributed by atoms with Gasteiger partial charge in [-0.25, -0.2) is 0 Å². The lowest BCUT2D eigenvalue weighted by Crippen LogP contribution is -2.00. The van der Waals surface area contributed by atoms with Crippen LogP contribution in [-0.2, 0) is 19.4 Å². The fourth-order valence-electron chi connectivity index (χ4n) is 4.50. The van der Waals surface area contributed by atoms with Gasteiger partial charge in [-0.2, -0.15) is 0 Å². The van der Waals surface area contributed by atoms with Crippen LogP contribution in [0.15, 0.2) is 103 Å². The summed E-state index contributed by atoms with van der Waals surface area (Å²) in [6, 6.07) is 33.0. The van der Waals surface area contributed by atoms with Gasteiger partial charge >= 0.3 is 0 Å². The maximum atomic E-state index is 11.2. The van der Waals surface area contributed by atoms with Crippen molar-refractivity contribution >= 4 is 10.9 Å². The summed E-state index contributed by atoms with van der Waals surface area (Å²) in [5.74, 6) is 1.21. The van der Waals surface area contributed by atoms with E-state index in [4.69, 9.17) is 4.74 Å². The van der Waals surface area contributed by atoms with Gasteiger partial charge in [0.25, 0.3) is 0 Å². The quantitative estimate of drug-likeness (QED) is 0.269. The molecule has 0 saturated heterocycles. The molecule has 3 heteroatoms. The molecule has 34 heavy (non-hydrogen) atoms. The Morgan fingerprint density at radius 1 is 0.765 bits per heavy atom. The number of hydrogen-bond donors (Lipinski definition) is 1. The third kappa shape index (κ3) is 4.69. The molecule has 0 aliphatic carbocycles. The molecule has 0 fully saturated rings. The summed E-state index contributed by atoms with van der Waals surface area (Å²) >= 11 is 0. The second-order valence-electron chi connectivity index (χ2n) is 8.76. The number of ether oxygens (including phenoxy) is 1. The van der Waals surface area contributed by atoms with Gasteiger partial charge < -0.3 is 14.4 Å². The second-order valence-corrected chi connectivity index (χ2v) is 8.76. The van der Waals surface area contributed by atoms with E-state index in [0.717, 1.165) is 58.3 Å².